The van der Waals surface area contributed by atoms with Crippen LogP contribution < -0.4 is 4.74 Å². The Balaban J connectivity index is 1.84. The van der Waals surface area contributed by atoms with E-state index in [1.165, 1.54) is 0 Å². The van der Waals surface area contributed by atoms with E-state index < -0.39 is 12.2 Å². The number of hydroxylamine groups is 3. The Kier molecular flexibility index (Phi) is 2.16. The van der Waals surface area contributed by atoms with Gasteiger partial charge in [-0.1, -0.05) is 18.2 Å². The van der Waals surface area contributed by atoms with E-state index in [-0.39, 0.29) is 27.8 Å². The third-order valence-corrected chi connectivity index (χ3v) is 6.38. The second kappa shape index (κ2) is 3.67. The summed E-state index contributed by atoms with van der Waals surface area (Å²) < 4.78 is 5.79. The lowest BCUT2D eigenvalue weighted by atomic mass is 9.53. The average molecular weight is 301 g/mol. The van der Waals surface area contributed by atoms with Crippen LogP contribution in [0.4, 0.5) is 0 Å². The predicted octanol–water partition coefficient (Wildman–Crippen LogP) is 1.21. The average Bonchev–Trinajstić information content (AvgIpc) is 2.84. The van der Waals surface area contributed by atoms with Crippen molar-refractivity contribution in [1.29, 1.82) is 0 Å². The molecule has 116 valence electrons. The molecule has 1 spiro atoms. The number of piperidine rings is 1. The van der Waals surface area contributed by atoms with E-state index in [0.29, 0.717) is 25.1 Å². The summed E-state index contributed by atoms with van der Waals surface area (Å²) in [5, 5.41) is 33.6. The Hall–Kier alpha value is -1.56. The minimum Gasteiger partial charge on any atom is -0.633 e. The van der Waals surface area contributed by atoms with Gasteiger partial charge in [0.2, 0.25) is 0 Å². The maximum atomic E-state index is 12.9. The Morgan fingerprint density at radius 1 is 1.36 bits per heavy atom. The number of phenolic OH excluding ortho intramolecular Hbond substituents is 1. The molecule has 5 nitrogen and oxygen atoms in total. The Bertz CT molecular complexity index is 713. The summed E-state index contributed by atoms with van der Waals surface area (Å²) in [6.07, 6.45) is 4.07. The van der Waals surface area contributed by atoms with Gasteiger partial charge in [0, 0.05) is 24.3 Å². The zero-order valence-electron chi connectivity index (χ0n) is 12.4. The number of likely N-dealkylation sites (tertiary alicyclic amines) is 1. The first-order chi connectivity index (χ1) is 10.4. The number of aliphatic hydroxyl groups excluding tert-OH is 1. The topological polar surface area (TPSA) is 72.8 Å². The largest absolute Gasteiger partial charge is 0.633 e. The van der Waals surface area contributed by atoms with Crippen molar-refractivity contribution in [2.45, 2.75) is 36.5 Å². The van der Waals surface area contributed by atoms with Crippen LogP contribution in [0.3, 0.4) is 0 Å². The Morgan fingerprint density at radius 3 is 3.00 bits per heavy atom. The maximum Gasteiger partial charge on any atom is 0.165 e. The third-order valence-electron chi connectivity index (χ3n) is 6.38. The SMILES string of the molecule is C[N@@+]1([O-])CC[C@]23c4c5ccc(O)c4O[C@H]2[C@@H](O)C=C[C@H]3C1C5. The van der Waals surface area contributed by atoms with Crippen molar-refractivity contribution in [1.82, 2.24) is 0 Å². The molecule has 1 fully saturated rings. The molecule has 22 heavy (non-hydrogen) atoms. The predicted molar refractivity (Wildman–Crippen MR) is 79.4 cm³/mol. The van der Waals surface area contributed by atoms with Crippen molar-refractivity contribution in [3.05, 3.63) is 40.6 Å². The van der Waals surface area contributed by atoms with Gasteiger partial charge in [0.15, 0.2) is 11.5 Å². The quantitative estimate of drug-likeness (QED) is 0.429. The number of rotatable bonds is 0. The van der Waals surface area contributed by atoms with Crippen LogP contribution in [0.2, 0.25) is 0 Å². The molecule has 2 heterocycles. The second-order valence-corrected chi connectivity index (χ2v) is 7.35. The van der Waals surface area contributed by atoms with Crippen molar-refractivity contribution in [3.63, 3.8) is 0 Å². The zero-order valence-corrected chi connectivity index (χ0v) is 12.4. The number of ether oxygens (including phenoxy) is 1. The number of nitrogens with zero attached hydrogens (tertiary/aromatic N) is 1. The number of hydrogen-bond donors (Lipinski definition) is 2. The summed E-state index contributed by atoms with van der Waals surface area (Å²) in [4.78, 5) is 0. The van der Waals surface area contributed by atoms with Crippen LogP contribution in [-0.4, -0.2) is 46.7 Å². The molecule has 2 N–H and O–H groups in total. The first-order valence-corrected chi connectivity index (χ1v) is 7.90. The normalized spacial score (nSPS) is 47.0. The number of quaternary nitrogens is 1. The highest BCUT2D eigenvalue weighted by molar-refractivity contribution is 5.61. The van der Waals surface area contributed by atoms with Crippen LogP contribution in [-0.2, 0) is 11.8 Å². The van der Waals surface area contributed by atoms with Crippen LogP contribution in [0.25, 0.3) is 0 Å². The fourth-order valence-electron chi connectivity index (χ4n) is 5.39. The monoisotopic (exact) mass is 301 g/mol. The van der Waals surface area contributed by atoms with Gasteiger partial charge in [0.05, 0.1) is 25.0 Å². The van der Waals surface area contributed by atoms with E-state index in [0.717, 1.165) is 11.1 Å². The lowest BCUT2D eigenvalue weighted by Gasteiger charge is -2.61. The Labute approximate surface area is 128 Å². The van der Waals surface area contributed by atoms with Gasteiger partial charge < -0.3 is 24.8 Å². The van der Waals surface area contributed by atoms with Crippen molar-refractivity contribution < 1.29 is 19.6 Å². The first kappa shape index (κ1) is 12.9. The van der Waals surface area contributed by atoms with Crippen molar-refractivity contribution in [3.8, 4) is 11.5 Å². The maximum absolute atomic E-state index is 12.9. The van der Waals surface area contributed by atoms with E-state index in [1.54, 1.807) is 19.2 Å². The highest BCUT2D eigenvalue weighted by atomic mass is 16.5. The van der Waals surface area contributed by atoms with E-state index in [4.69, 9.17) is 4.74 Å². The van der Waals surface area contributed by atoms with Gasteiger partial charge in [-0.25, -0.2) is 0 Å². The van der Waals surface area contributed by atoms with Gasteiger partial charge in [-0.15, -0.1) is 0 Å². The summed E-state index contributed by atoms with van der Waals surface area (Å²) >= 11 is 0. The highest BCUT2D eigenvalue weighted by Gasteiger charge is 2.66. The molecule has 5 rings (SSSR count). The van der Waals surface area contributed by atoms with Gasteiger partial charge in [0.25, 0.3) is 0 Å². The molecule has 0 saturated carbocycles. The molecule has 2 bridgehead atoms. The minimum absolute atomic E-state index is 0.0495. The van der Waals surface area contributed by atoms with Crippen LogP contribution in [0.1, 0.15) is 17.5 Å². The number of hydrogen-bond acceptors (Lipinski definition) is 4. The smallest absolute Gasteiger partial charge is 0.165 e. The number of benzene rings is 1. The van der Waals surface area contributed by atoms with Crippen LogP contribution in [0.5, 0.6) is 11.5 Å². The van der Waals surface area contributed by atoms with Gasteiger partial charge in [-0.3, -0.25) is 0 Å². The van der Waals surface area contributed by atoms with Crippen LogP contribution in [0.15, 0.2) is 24.3 Å². The summed E-state index contributed by atoms with van der Waals surface area (Å²) in [6.45, 7) is 0.524. The van der Waals surface area contributed by atoms with E-state index in [9.17, 15) is 15.4 Å². The molecule has 1 aromatic rings. The molecule has 1 unspecified atom stereocenters. The van der Waals surface area contributed by atoms with Crippen molar-refractivity contribution >= 4 is 0 Å². The number of phenols is 1. The molecule has 4 aliphatic rings. The fraction of sp³-hybridized carbons (Fsp3) is 0.529. The van der Waals surface area contributed by atoms with E-state index >= 15 is 0 Å². The fourth-order valence-corrected chi connectivity index (χ4v) is 5.39. The summed E-state index contributed by atoms with van der Waals surface area (Å²) in [5.41, 5.74) is 1.78. The first-order valence-electron chi connectivity index (χ1n) is 7.90. The van der Waals surface area contributed by atoms with Crippen molar-refractivity contribution in [2.24, 2.45) is 5.92 Å². The van der Waals surface area contributed by atoms with Gasteiger partial charge in [-0.05, 0) is 11.6 Å². The summed E-state index contributed by atoms with van der Waals surface area (Å²) in [7, 11) is 1.76. The molecule has 0 aromatic heterocycles. The molecule has 5 heteroatoms. The molecule has 2 aliphatic heterocycles. The van der Waals surface area contributed by atoms with Crippen LogP contribution >= 0.6 is 0 Å². The minimum atomic E-state index is -0.696. The molecule has 0 amide bonds. The molecule has 0 radical (unpaired) electrons. The van der Waals surface area contributed by atoms with Crippen LogP contribution in [0, 0.1) is 11.1 Å². The standard InChI is InChI=1S/C17H19NO4/c1-18(21)7-6-17-10-3-5-13(20)16(17)22-15-12(19)4-2-9(14(15)17)8-11(10)18/h2-5,10-11,13,16,19-20H,6-8H2,1H3/t10-,11?,13-,16-,17-,18+/m0/s1. The molecular weight excluding hydrogens is 282 g/mol. The van der Waals surface area contributed by atoms with E-state index in [1.807, 2.05) is 12.1 Å². The number of aliphatic hydroxyl groups is 1. The second-order valence-electron chi connectivity index (χ2n) is 7.35. The zero-order chi connectivity index (χ0) is 15.3. The lowest BCUT2D eigenvalue weighted by Crippen LogP contribution is -2.69. The molecule has 2 aliphatic carbocycles. The Morgan fingerprint density at radius 2 is 2.18 bits per heavy atom. The molecular formula is C17H19NO4. The highest BCUT2D eigenvalue weighted by Crippen LogP contribution is 2.63. The molecule has 1 aromatic carbocycles. The summed E-state index contributed by atoms with van der Waals surface area (Å²) in [5.74, 6) is 0.722. The molecule has 1 saturated heterocycles. The lowest BCUT2D eigenvalue weighted by molar-refractivity contribution is -0.898. The van der Waals surface area contributed by atoms with Gasteiger partial charge in [0.1, 0.15) is 12.2 Å². The summed E-state index contributed by atoms with van der Waals surface area (Å²) in [6, 6.07) is 3.51. The van der Waals surface area contributed by atoms with Gasteiger partial charge >= 0.3 is 0 Å². The molecule has 6 atom stereocenters. The van der Waals surface area contributed by atoms with Gasteiger partial charge in [-0.2, -0.15) is 0 Å². The van der Waals surface area contributed by atoms with E-state index in [2.05, 4.69) is 0 Å². The number of aromatic hydroxyl groups is 1. The van der Waals surface area contributed by atoms with Crippen molar-refractivity contribution in [2.75, 3.05) is 13.6 Å². The third kappa shape index (κ3) is 1.23. The number of likely N-dealkylation sites (N-methyl/N-ethyl adjacent to an activating group) is 1.